The fourth-order valence-corrected chi connectivity index (χ4v) is 4.88. The monoisotopic (exact) mass is 662 g/mol. The summed E-state index contributed by atoms with van der Waals surface area (Å²) in [6, 6.07) is 11.9. The molecular weight excluding hydrogens is 639 g/mol. The largest absolute Gasteiger partial charge is 0.510 e. The first-order valence-electron chi connectivity index (χ1n) is 12.3. The molecule has 17 nitrogen and oxygen atoms in total. The van der Waals surface area contributed by atoms with E-state index >= 15 is 0 Å². The van der Waals surface area contributed by atoms with E-state index in [1.165, 1.54) is 12.1 Å². The highest BCUT2D eigenvalue weighted by Crippen LogP contribution is 2.30. The van der Waals surface area contributed by atoms with Crippen LogP contribution in [-0.4, -0.2) is 66.1 Å². The zero-order chi connectivity index (χ0) is 33.5. The Hall–Kier alpha value is -5.47. The number of ether oxygens (including phenoxy) is 2. The van der Waals surface area contributed by atoms with E-state index in [0.29, 0.717) is 5.56 Å². The second-order valence-corrected chi connectivity index (χ2v) is 10.8. The molecule has 1 aromatic heterocycles. The summed E-state index contributed by atoms with van der Waals surface area (Å²) in [5.74, 6) is -1.11. The Morgan fingerprint density at radius 3 is 2.16 bits per heavy atom. The highest BCUT2D eigenvalue weighted by Gasteiger charge is 2.38. The number of nitrogens with zero attached hydrogens (tertiary/aromatic N) is 4. The molecule has 0 aliphatic heterocycles. The van der Waals surface area contributed by atoms with E-state index < -0.39 is 75.1 Å². The van der Waals surface area contributed by atoms with Gasteiger partial charge in [-0.3, -0.25) is 4.79 Å². The molecule has 0 spiro atoms. The van der Waals surface area contributed by atoms with E-state index in [9.17, 15) is 51.4 Å². The third-order valence-electron chi connectivity index (χ3n) is 5.73. The van der Waals surface area contributed by atoms with Crippen molar-refractivity contribution in [3.05, 3.63) is 86.1 Å². The Balaban J connectivity index is 1.78. The number of hydrogen-bond donors (Lipinski definition) is 1. The maximum absolute atomic E-state index is 13.5. The maximum atomic E-state index is 13.5. The standard InChI is InChI=1S/C24H22F3N5O12S/c1-15-3-5-17(6-4-15)21-11-22(24(25,26)27)28-30(21)18-7-9-20(10-8-18)45(39,40)29(16(2)33)14-42-23(34)41-12-19(44-32(37)38)13-43-31(35)36/h3-11,19H,12-14H2,1-2H3/p+1. The number of carbonyl (C=O) groups is 2. The molecule has 1 N–H and O–H groups in total. The number of H-pyrrole nitrogens is 1. The van der Waals surface area contributed by atoms with Gasteiger partial charge in [-0.1, -0.05) is 22.4 Å². The molecule has 3 rings (SSSR count). The van der Waals surface area contributed by atoms with Crippen molar-refractivity contribution in [2.24, 2.45) is 0 Å². The van der Waals surface area contributed by atoms with Crippen LogP contribution in [0.3, 0.4) is 0 Å². The van der Waals surface area contributed by atoms with Gasteiger partial charge in [0.2, 0.25) is 17.3 Å². The molecule has 2 aromatic carbocycles. The lowest BCUT2D eigenvalue weighted by atomic mass is 10.1. The minimum Gasteiger partial charge on any atom is -0.432 e. The first kappa shape index (κ1) is 34.0. The van der Waals surface area contributed by atoms with Crippen LogP contribution in [0.2, 0.25) is 0 Å². The van der Waals surface area contributed by atoms with Gasteiger partial charge >= 0.3 is 12.3 Å². The van der Waals surface area contributed by atoms with Gasteiger partial charge in [0.15, 0.2) is 18.5 Å². The lowest BCUT2D eigenvalue weighted by Crippen LogP contribution is -2.38. The highest BCUT2D eigenvalue weighted by molar-refractivity contribution is 7.89. The van der Waals surface area contributed by atoms with Crippen LogP contribution in [0.15, 0.2) is 59.5 Å². The van der Waals surface area contributed by atoms with Gasteiger partial charge in [0.05, 0.1) is 4.90 Å². The molecule has 0 saturated carbocycles. The molecule has 242 valence electrons. The Bertz CT molecular complexity index is 1660. The van der Waals surface area contributed by atoms with Crippen molar-refractivity contribution in [1.29, 1.82) is 0 Å². The smallest absolute Gasteiger partial charge is 0.432 e. The Morgan fingerprint density at radius 2 is 1.62 bits per heavy atom. The minimum absolute atomic E-state index is 0.0989. The van der Waals surface area contributed by atoms with Crippen molar-refractivity contribution in [2.45, 2.75) is 31.0 Å². The minimum atomic E-state index is -4.72. The number of aromatic nitrogens is 2. The summed E-state index contributed by atoms with van der Waals surface area (Å²) in [5, 5.41) is 20.4. The quantitative estimate of drug-likeness (QED) is 0.0919. The number of hydrogen-bond acceptors (Lipinski definition) is 12. The van der Waals surface area contributed by atoms with E-state index in [-0.39, 0.29) is 15.7 Å². The average Bonchev–Trinajstić information content (AvgIpc) is 3.41. The summed E-state index contributed by atoms with van der Waals surface area (Å²) in [6.07, 6.45) is -8.10. The molecule has 0 fully saturated rings. The second-order valence-electron chi connectivity index (χ2n) is 8.93. The van der Waals surface area contributed by atoms with Crippen molar-refractivity contribution in [2.75, 3.05) is 19.9 Å². The molecule has 3 aromatic rings. The summed E-state index contributed by atoms with van der Waals surface area (Å²) >= 11 is 0. The van der Waals surface area contributed by atoms with Gasteiger partial charge in [-0.2, -0.15) is 22.6 Å². The molecule has 21 heteroatoms. The summed E-state index contributed by atoms with van der Waals surface area (Å²) in [4.78, 5) is 52.3. The van der Waals surface area contributed by atoms with Gasteiger partial charge < -0.3 is 19.1 Å². The van der Waals surface area contributed by atoms with E-state index in [1.807, 2.05) is 0 Å². The molecular formula is C24H23F3N5O12S+. The lowest BCUT2D eigenvalue weighted by molar-refractivity contribution is -0.790. The van der Waals surface area contributed by atoms with Gasteiger partial charge in [0.1, 0.15) is 13.2 Å². The molecule has 0 bridgehead atoms. The number of nitrogens with one attached hydrogen (secondary N) is 1. The molecule has 1 atom stereocenters. The number of aromatic amines is 1. The fraction of sp³-hybridized carbons (Fsp3) is 0.292. The molecule has 1 heterocycles. The third kappa shape index (κ3) is 9.01. The lowest BCUT2D eigenvalue weighted by Gasteiger charge is -2.20. The van der Waals surface area contributed by atoms with Crippen molar-refractivity contribution in [3.63, 3.8) is 0 Å². The summed E-state index contributed by atoms with van der Waals surface area (Å²) < 4.78 is 77.2. The van der Waals surface area contributed by atoms with Gasteiger partial charge in [-0.05, 0) is 31.2 Å². The number of alkyl halides is 3. The van der Waals surface area contributed by atoms with E-state index in [0.717, 1.165) is 35.4 Å². The van der Waals surface area contributed by atoms with Crippen LogP contribution < -0.4 is 4.68 Å². The molecule has 45 heavy (non-hydrogen) atoms. The van der Waals surface area contributed by atoms with Crippen molar-refractivity contribution >= 4 is 22.1 Å². The van der Waals surface area contributed by atoms with Gasteiger partial charge in [-0.15, -0.1) is 20.2 Å². The Morgan fingerprint density at radius 1 is 1.00 bits per heavy atom. The molecule has 0 aliphatic rings. The van der Waals surface area contributed by atoms with Crippen LogP contribution in [0.4, 0.5) is 18.0 Å². The van der Waals surface area contributed by atoms with Gasteiger partial charge in [-0.25, -0.2) is 13.2 Å². The molecule has 0 radical (unpaired) electrons. The van der Waals surface area contributed by atoms with Crippen molar-refractivity contribution in [3.8, 4) is 16.9 Å². The van der Waals surface area contributed by atoms with Gasteiger partial charge in [0, 0.05) is 30.7 Å². The van der Waals surface area contributed by atoms with Crippen molar-refractivity contribution in [1.82, 2.24) is 9.40 Å². The number of amides is 1. The number of sulfonamides is 1. The van der Waals surface area contributed by atoms with Gasteiger partial charge in [0.25, 0.3) is 20.2 Å². The number of carbonyl (C=O) groups excluding carboxylic acids is 2. The fourth-order valence-electron chi connectivity index (χ4n) is 3.61. The molecule has 1 unspecified atom stereocenters. The number of aryl methyl sites for hydroxylation is 1. The van der Waals surface area contributed by atoms with Crippen LogP contribution in [0.25, 0.3) is 16.9 Å². The van der Waals surface area contributed by atoms with Crippen LogP contribution in [0.1, 0.15) is 18.2 Å². The average molecular weight is 663 g/mol. The number of halogens is 3. The van der Waals surface area contributed by atoms with Crippen molar-refractivity contribution < 1.29 is 65.2 Å². The predicted octanol–water partition coefficient (Wildman–Crippen LogP) is 2.72. The highest BCUT2D eigenvalue weighted by atomic mass is 32.2. The van der Waals surface area contributed by atoms with Crippen LogP contribution in [0.5, 0.6) is 0 Å². The first-order valence-corrected chi connectivity index (χ1v) is 13.7. The maximum Gasteiger partial charge on any atom is 0.510 e. The summed E-state index contributed by atoms with van der Waals surface area (Å²) in [7, 11) is -4.70. The van der Waals surface area contributed by atoms with E-state index in [2.05, 4.69) is 24.2 Å². The van der Waals surface area contributed by atoms with Crippen LogP contribution in [0, 0.1) is 27.2 Å². The first-order chi connectivity index (χ1) is 21.0. The topological polar surface area (TPSA) is 214 Å². The second kappa shape index (κ2) is 13.9. The van der Waals surface area contributed by atoms with Crippen LogP contribution >= 0.6 is 0 Å². The SMILES string of the molecule is CC(=O)N(COC(=O)OCC(CO[N+](=O)[O-])O[N+](=O)[O-])S(=O)(=O)c1ccc(-[n+]2[nH]c(C(F)(F)F)cc2-c2ccc(C)cc2)cc1. The molecule has 0 saturated heterocycles. The zero-order valence-corrected chi connectivity index (χ0v) is 23.9. The zero-order valence-electron chi connectivity index (χ0n) is 23.1. The number of benzene rings is 2. The van der Waals surface area contributed by atoms with E-state index in [1.54, 1.807) is 31.2 Å². The number of rotatable bonds is 13. The third-order valence-corrected chi connectivity index (χ3v) is 7.54. The normalized spacial score (nSPS) is 12.1. The summed E-state index contributed by atoms with van der Waals surface area (Å²) in [6.45, 7) is -0.579. The van der Waals surface area contributed by atoms with E-state index in [4.69, 9.17) is 0 Å². The molecule has 0 aliphatic carbocycles. The van der Waals surface area contributed by atoms with Crippen LogP contribution in [-0.2, 0) is 40.1 Å². The Labute approximate surface area is 250 Å². The molecule has 1 amide bonds. The summed E-state index contributed by atoms with van der Waals surface area (Å²) in [5.41, 5.74) is 0.447. The predicted molar refractivity (Wildman–Crippen MR) is 139 cm³/mol. The Kier molecular flexibility index (Phi) is 10.5.